The molecular formula is C12H24N2O4S. The van der Waals surface area contributed by atoms with Gasteiger partial charge in [-0.3, -0.25) is 4.79 Å². The topological polar surface area (TPSA) is 86.7 Å². The number of aliphatic carboxylic acids is 1. The standard InChI is InChI=1S/C12H24N2O4S/c1-10(2)14(9-11-4-3-6-13-8-11)19(17,18)7-5-12(15)16/h10-11,13H,3-9H2,1-2H3,(H,15,16). The molecule has 0 aromatic rings. The molecule has 1 rings (SSSR count). The van der Waals surface area contributed by atoms with Crippen LogP contribution in [0.1, 0.15) is 33.1 Å². The predicted molar refractivity (Wildman–Crippen MR) is 73.5 cm³/mol. The SMILES string of the molecule is CC(C)N(CC1CCCNC1)S(=O)(=O)CCC(=O)O. The molecule has 7 heteroatoms. The zero-order valence-corrected chi connectivity index (χ0v) is 12.4. The van der Waals surface area contributed by atoms with Crippen molar-refractivity contribution in [1.82, 2.24) is 9.62 Å². The summed E-state index contributed by atoms with van der Waals surface area (Å²) in [5.41, 5.74) is 0. The normalized spacial score (nSPS) is 20.9. The summed E-state index contributed by atoms with van der Waals surface area (Å²) in [7, 11) is -3.49. The van der Waals surface area contributed by atoms with Crippen molar-refractivity contribution in [2.75, 3.05) is 25.4 Å². The first kappa shape index (κ1) is 16.4. The molecule has 0 amide bonds. The third kappa shape index (κ3) is 5.46. The Morgan fingerprint density at radius 3 is 2.63 bits per heavy atom. The van der Waals surface area contributed by atoms with Gasteiger partial charge in [-0.05, 0) is 45.7 Å². The van der Waals surface area contributed by atoms with Crippen molar-refractivity contribution >= 4 is 16.0 Å². The molecule has 0 spiro atoms. The minimum absolute atomic E-state index is 0.138. The zero-order chi connectivity index (χ0) is 14.5. The summed E-state index contributed by atoms with van der Waals surface area (Å²) in [6.45, 7) is 5.96. The Kier molecular flexibility index (Phi) is 6.22. The van der Waals surface area contributed by atoms with E-state index < -0.39 is 16.0 Å². The minimum atomic E-state index is -3.49. The third-order valence-corrected chi connectivity index (χ3v) is 5.35. The molecule has 0 aromatic carbocycles. The van der Waals surface area contributed by atoms with E-state index in [2.05, 4.69) is 5.32 Å². The molecule has 1 aliphatic heterocycles. The lowest BCUT2D eigenvalue weighted by atomic mass is 9.99. The molecule has 112 valence electrons. The first-order valence-electron chi connectivity index (χ1n) is 6.75. The molecular weight excluding hydrogens is 268 g/mol. The van der Waals surface area contributed by atoms with Crippen molar-refractivity contribution in [3.8, 4) is 0 Å². The number of nitrogens with zero attached hydrogens (tertiary/aromatic N) is 1. The molecule has 0 saturated carbocycles. The van der Waals surface area contributed by atoms with Gasteiger partial charge in [-0.15, -0.1) is 0 Å². The van der Waals surface area contributed by atoms with Gasteiger partial charge in [0.15, 0.2) is 0 Å². The summed E-state index contributed by atoms with van der Waals surface area (Å²) >= 11 is 0. The minimum Gasteiger partial charge on any atom is -0.481 e. The van der Waals surface area contributed by atoms with Crippen molar-refractivity contribution < 1.29 is 18.3 Å². The molecule has 0 bridgehead atoms. The number of carbonyl (C=O) groups is 1. The molecule has 0 radical (unpaired) electrons. The van der Waals surface area contributed by atoms with Gasteiger partial charge < -0.3 is 10.4 Å². The quantitative estimate of drug-likeness (QED) is 0.713. The number of hydrogen-bond donors (Lipinski definition) is 2. The van der Waals surface area contributed by atoms with Gasteiger partial charge in [0.1, 0.15) is 0 Å². The van der Waals surface area contributed by atoms with E-state index in [-0.39, 0.29) is 18.2 Å². The van der Waals surface area contributed by atoms with E-state index in [1.54, 1.807) is 0 Å². The van der Waals surface area contributed by atoms with Gasteiger partial charge in [-0.1, -0.05) is 0 Å². The van der Waals surface area contributed by atoms with Crippen LogP contribution >= 0.6 is 0 Å². The number of piperidine rings is 1. The fourth-order valence-electron chi connectivity index (χ4n) is 2.31. The van der Waals surface area contributed by atoms with Gasteiger partial charge in [-0.25, -0.2) is 8.42 Å². The van der Waals surface area contributed by atoms with Crippen LogP contribution in [0.2, 0.25) is 0 Å². The van der Waals surface area contributed by atoms with Crippen LogP contribution in [0.4, 0.5) is 0 Å². The average Bonchev–Trinajstić information content (AvgIpc) is 2.34. The Labute approximate surface area is 115 Å². The first-order chi connectivity index (χ1) is 8.83. The van der Waals surface area contributed by atoms with Crippen LogP contribution < -0.4 is 5.32 Å². The van der Waals surface area contributed by atoms with E-state index in [1.807, 2.05) is 13.8 Å². The molecule has 1 saturated heterocycles. The average molecular weight is 292 g/mol. The summed E-state index contributed by atoms with van der Waals surface area (Å²) < 4.78 is 25.8. The molecule has 1 heterocycles. The Balaban J connectivity index is 2.67. The Morgan fingerprint density at radius 2 is 2.16 bits per heavy atom. The first-order valence-corrected chi connectivity index (χ1v) is 8.36. The second kappa shape index (κ2) is 7.21. The van der Waals surface area contributed by atoms with Crippen LogP contribution in [0.3, 0.4) is 0 Å². The maximum atomic E-state index is 12.2. The highest BCUT2D eigenvalue weighted by Gasteiger charge is 2.28. The Hall–Kier alpha value is -0.660. The van der Waals surface area contributed by atoms with Gasteiger partial charge in [0, 0.05) is 12.6 Å². The lowest BCUT2D eigenvalue weighted by molar-refractivity contribution is -0.136. The summed E-state index contributed by atoms with van der Waals surface area (Å²) in [6.07, 6.45) is 1.74. The van der Waals surface area contributed by atoms with Crippen molar-refractivity contribution in [2.45, 2.75) is 39.2 Å². The van der Waals surface area contributed by atoms with Gasteiger partial charge in [0.25, 0.3) is 0 Å². The summed E-state index contributed by atoms with van der Waals surface area (Å²) in [4.78, 5) is 10.5. The highest BCUT2D eigenvalue weighted by molar-refractivity contribution is 7.89. The maximum absolute atomic E-state index is 12.2. The van der Waals surface area contributed by atoms with Crippen LogP contribution in [0.15, 0.2) is 0 Å². The molecule has 2 N–H and O–H groups in total. The smallest absolute Gasteiger partial charge is 0.304 e. The molecule has 1 atom stereocenters. The molecule has 0 aliphatic carbocycles. The summed E-state index contributed by atoms with van der Waals surface area (Å²) in [6, 6.07) is -0.138. The van der Waals surface area contributed by atoms with Crippen LogP contribution in [-0.4, -0.2) is 55.2 Å². The molecule has 0 aromatic heterocycles. The molecule has 19 heavy (non-hydrogen) atoms. The largest absolute Gasteiger partial charge is 0.481 e. The monoisotopic (exact) mass is 292 g/mol. The number of carboxylic acids is 1. The predicted octanol–water partition coefficient (Wildman–Crippen LogP) is 0.501. The van der Waals surface area contributed by atoms with Gasteiger partial charge >= 0.3 is 5.97 Å². The summed E-state index contributed by atoms with van der Waals surface area (Å²) in [5.74, 6) is -1.08. The van der Waals surface area contributed by atoms with E-state index in [4.69, 9.17) is 5.11 Å². The number of nitrogens with one attached hydrogen (secondary N) is 1. The highest BCUT2D eigenvalue weighted by Crippen LogP contribution is 2.17. The number of hydrogen-bond acceptors (Lipinski definition) is 4. The second-order valence-corrected chi connectivity index (χ2v) is 7.38. The van der Waals surface area contributed by atoms with Gasteiger partial charge in [0.05, 0.1) is 12.2 Å². The van der Waals surface area contributed by atoms with E-state index in [9.17, 15) is 13.2 Å². The van der Waals surface area contributed by atoms with Crippen molar-refractivity contribution in [3.63, 3.8) is 0 Å². The third-order valence-electron chi connectivity index (χ3n) is 3.34. The van der Waals surface area contributed by atoms with Gasteiger partial charge in [0.2, 0.25) is 10.0 Å². The highest BCUT2D eigenvalue weighted by atomic mass is 32.2. The van der Waals surface area contributed by atoms with E-state index in [1.165, 1.54) is 4.31 Å². The number of sulfonamides is 1. The van der Waals surface area contributed by atoms with Crippen LogP contribution in [0.25, 0.3) is 0 Å². The van der Waals surface area contributed by atoms with E-state index >= 15 is 0 Å². The fourth-order valence-corrected chi connectivity index (χ4v) is 4.06. The zero-order valence-electron chi connectivity index (χ0n) is 11.6. The Morgan fingerprint density at radius 1 is 1.47 bits per heavy atom. The van der Waals surface area contributed by atoms with Crippen molar-refractivity contribution in [1.29, 1.82) is 0 Å². The second-order valence-electron chi connectivity index (χ2n) is 5.34. The van der Waals surface area contributed by atoms with E-state index in [0.29, 0.717) is 12.5 Å². The lowest BCUT2D eigenvalue weighted by Gasteiger charge is -2.31. The van der Waals surface area contributed by atoms with Crippen LogP contribution in [-0.2, 0) is 14.8 Å². The van der Waals surface area contributed by atoms with Crippen LogP contribution in [0, 0.1) is 5.92 Å². The van der Waals surface area contributed by atoms with Crippen molar-refractivity contribution in [2.24, 2.45) is 5.92 Å². The van der Waals surface area contributed by atoms with Crippen LogP contribution in [0.5, 0.6) is 0 Å². The molecule has 1 aliphatic rings. The summed E-state index contributed by atoms with van der Waals surface area (Å²) in [5, 5.41) is 11.9. The van der Waals surface area contributed by atoms with Gasteiger partial charge in [-0.2, -0.15) is 4.31 Å². The fraction of sp³-hybridized carbons (Fsp3) is 0.917. The molecule has 1 fully saturated rings. The molecule has 1 unspecified atom stereocenters. The number of carboxylic acid groups (broad SMARTS) is 1. The van der Waals surface area contributed by atoms with E-state index in [0.717, 1.165) is 25.9 Å². The molecule has 6 nitrogen and oxygen atoms in total. The number of rotatable bonds is 7. The van der Waals surface area contributed by atoms with Crippen molar-refractivity contribution in [3.05, 3.63) is 0 Å². The maximum Gasteiger partial charge on any atom is 0.304 e. The lowest BCUT2D eigenvalue weighted by Crippen LogP contribution is -2.45. The Bertz CT molecular complexity index is 389.